The molecule has 1 aromatic rings. The van der Waals surface area contributed by atoms with Crippen molar-refractivity contribution >= 4 is 31.9 Å². The molecule has 250 valence electrons. The van der Waals surface area contributed by atoms with Crippen LogP contribution in [0.3, 0.4) is 0 Å². The molecule has 4 rings (SSSR count). The van der Waals surface area contributed by atoms with Crippen LogP contribution in [0, 0.1) is 22.7 Å². The molecule has 0 aromatic carbocycles. The standard InChI is InChI=1S/C31H49N6O7P/c1-7-11-22(44-45(42)43)34-27(39)21-16-19-25(31(19,5)6)37(21)29(41)24(30(2,3)4)36-28(40)23(18-12-9-8-10-13-18)35-26(38)20-17-32-14-15-33-20/h14-15,17-19,21-25,45H,7-13,16H2,1-6H3,(H,34,39)(H,35,38)(H,36,40)(H,42,43)/t19-,21?,22+,23-,24+,25+/m0/s1. The van der Waals surface area contributed by atoms with Gasteiger partial charge in [-0.2, -0.15) is 0 Å². The van der Waals surface area contributed by atoms with Crippen molar-refractivity contribution in [3.8, 4) is 0 Å². The highest BCUT2D eigenvalue weighted by atomic mass is 31.1. The van der Waals surface area contributed by atoms with E-state index in [2.05, 4.69) is 39.8 Å². The zero-order valence-corrected chi connectivity index (χ0v) is 28.2. The molecule has 0 bridgehead atoms. The van der Waals surface area contributed by atoms with Gasteiger partial charge in [-0.15, -0.1) is 0 Å². The molecule has 1 aliphatic heterocycles. The van der Waals surface area contributed by atoms with Gasteiger partial charge in [0, 0.05) is 18.4 Å². The van der Waals surface area contributed by atoms with E-state index in [1.165, 1.54) is 18.6 Å². The van der Waals surface area contributed by atoms with Gasteiger partial charge in [-0.3, -0.25) is 33.3 Å². The van der Waals surface area contributed by atoms with Gasteiger partial charge in [-0.1, -0.05) is 67.2 Å². The molecule has 2 heterocycles. The van der Waals surface area contributed by atoms with Crippen LogP contribution in [0.15, 0.2) is 18.6 Å². The average molecular weight is 649 g/mol. The maximum Gasteiger partial charge on any atom is 0.318 e. The molecule has 4 amide bonds. The van der Waals surface area contributed by atoms with Crippen LogP contribution >= 0.6 is 8.25 Å². The Hall–Kier alpha value is -2.89. The molecule has 13 nitrogen and oxygen atoms in total. The summed E-state index contributed by atoms with van der Waals surface area (Å²) in [7, 11) is -3.29. The molecule has 7 atom stereocenters. The summed E-state index contributed by atoms with van der Waals surface area (Å²) in [5.41, 5.74) is -0.843. The van der Waals surface area contributed by atoms with Gasteiger partial charge in [0.25, 0.3) is 5.91 Å². The maximum absolute atomic E-state index is 14.5. The molecule has 1 saturated heterocycles. The molecule has 3 aliphatic rings. The number of hydrogen-bond donors (Lipinski definition) is 4. The van der Waals surface area contributed by atoms with E-state index in [1.807, 2.05) is 27.7 Å². The van der Waals surface area contributed by atoms with Crippen molar-refractivity contribution in [2.75, 3.05) is 0 Å². The average Bonchev–Trinajstić information content (AvgIpc) is 3.29. The monoisotopic (exact) mass is 648 g/mol. The van der Waals surface area contributed by atoms with Gasteiger partial charge in [0.2, 0.25) is 17.7 Å². The zero-order chi connectivity index (χ0) is 33.1. The Kier molecular flexibility index (Phi) is 11.1. The Bertz CT molecular complexity index is 1270. The van der Waals surface area contributed by atoms with Crippen molar-refractivity contribution in [3.05, 3.63) is 24.3 Å². The summed E-state index contributed by atoms with van der Waals surface area (Å²) in [6, 6.07) is -2.90. The van der Waals surface area contributed by atoms with Crippen molar-refractivity contribution in [2.24, 2.45) is 22.7 Å². The van der Waals surface area contributed by atoms with Gasteiger partial charge < -0.3 is 25.7 Å². The first-order chi connectivity index (χ1) is 21.2. The van der Waals surface area contributed by atoms with Crippen LogP contribution in [0.1, 0.15) is 103 Å². The number of nitrogens with one attached hydrogen (secondary N) is 3. The van der Waals surface area contributed by atoms with Crippen LogP contribution in [0.2, 0.25) is 0 Å². The number of amides is 4. The zero-order valence-electron chi connectivity index (χ0n) is 27.2. The van der Waals surface area contributed by atoms with Crippen LogP contribution in [0.5, 0.6) is 0 Å². The van der Waals surface area contributed by atoms with E-state index >= 15 is 0 Å². The van der Waals surface area contributed by atoms with Crippen molar-refractivity contribution in [2.45, 2.75) is 123 Å². The first-order valence-electron chi connectivity index (χ1n) is 16.1. The third-order valence-electron chi connectivity index (χ3n) is 9.64. The summed E-state index contributed by atoms with van der Waals surface area (Å²) in [6.07, 6.45) is 9.11. The lowest BCUT2D eigenvalue weighted by atomic mass is 9.82. The fourth-order valence-electron chi connectivity index (χ4n) is 7.10. The molecule has 2 aliphatic carbocycles. The fourth-order valence-corrected chi connectivity index (χ4v) is 7.52. The van der Waals surface area contributed by atoms with Crippen LogP contribution in [0.25, 0.3) is 0 Å². The van der Waals surface area contributed by atoms with Crippen LogP contribution in [-0.4, -0.2) is 73.8 Å². The van der Waals surface area contributed by atoms with Crippen molar-refractivity contribution in [1.82, 2.24) is 30.8 Å². The molecule has 3 fully saturated rings. The minimum Gasteiger partial charge on any atom is -0.342 e. The van der Waals surface area contributed by atoms with Crippen molar-refractivity contribution in [3.63, 3.8) is 0 Å². The summed E-state index contributed by atoms with van der Waals surface area (Å²) in [5.74, 6) is -1.81. The van der Waals surface area contributed by atoms with Gasteiger partial charge in [0.1, 0.15) is 30.0 Å². The summed E-state index contributed by atoms with van der Waals surface area (Å²) in [4.78, 5) is 74.2. The first kappa shape index (κ1) is 35.0. The highest BCUT2D eigenvalue weighted by Gasteiger charge is 2.69. The van der Waals surface area contributed by atoms with Crippen molar-refractivity contribution < 1.29 is 33.2 Å². The van der Waals surface area contributed by atoms with E-state index in [9.17, 15) is 28.6 Å². The smallest absolute Gasteiger partial charge is 0.318 e. The van der Waals surface area contributed by atoms with Gasteiger partial charge in [-0.25, -0.2) is 4.98 Å². The Labute approximate surface area is 266 Å². The van der Waals surface area contributed by atoms with Gasteiger partial charge in [0.15, 0.2) is 0 Å². The van der Waals surface area contributed by atoms with Gasteiger partial charge >= 0.3 is 8.25 Å². The second kappa shape index (κ2) is 14.3. The number of aromatic nitrogens is 2. The third kappa shape index (κ3) is 8.10. The summed E-state index contributed by atoms with van der Waals surface area (Å²) in [6.45, 7) is 11.6. The molecular weight excluding hydrogens is 599 g/mol. The van der Waals surface area contributed by atoms with E-state index in [4.69, 9.17) is 4.52 Å². The van der Waals surface area contributed by atoms with E-state index in [1.54, 1.807) is 4.90 Å². The fraction of sp³-hybridized carbons (Fsp3) is 0.742. The quantitative estimate of drug-likeness (QED) is 0.196. The number of carbonyl (C=O) groups is 4. The number of likely N-dealkylation sites (tertiary alicyclic amines) is 1. The maximum atomic E-state index is 14.5. The van der Waals surface area contributed by atoms with E-state index in [0.29, 0.717) is 19.3 Å². The first-order valence-corrected chi connectivity index (χ1v) is 17.3. The molecule has 45 heavy (non-hydrogen) atoms. The lowest BCUT2D eigenvalue weighted by Crippen LogP contribution is -2.62. The number of rotatable bonds is 12. The minimum atomic E-state index is -3.29. The van der Waals surface area contributed by atoms with Crippen LogP contribution < -0.4 is 16.0 Å². The molecule has 0 radical (unpaired) electrons. The Morgan fingerprint density at radius 1 is 1.11 bits per heavy atom. The van der Waals surface area contributed by atoms with E-state index < -0.39 is 55.7 Å². The lowest BCUT2D eigenvalue weighted by Gasteiger charge is -2.39. The number of piperidine rings is 1. The van der Waals surface area contributed by atoms with Crippen LogP contribution in [-0.2, 0) is 23.5 Å². The third-order valence-corrected chi connectivity index (χ3v) is 10.1. The Morgan fingerprint density at radius 2 is 1.80 bits per heavy atom. The largest absolute Gasteiger partial charge is 0.342 e. The summed E-state index contributed by atoms with van der Waals surface area (Å²) < 4.78 is 16.5. The van der Waals surface area contributed by atoms with E-state index in [0.717, 1.165) is 32.1 Å². The summed E-state index contributed by atoms with van der Waals surface area (Å²) >= 11 is 0. The Balaban J connectivity index is 1.58. The molecular formula is C31H49N6O7P. The number of carbonyl (C=O) groups excluding carboxylic acids is 4. The van der Waals surface area contributed by atoms with E-state index in [-0.39, 0.29) is 34.9 Å². The van der Waals surface area contributed by atoms with Gasteiger partial charge in [0.05, 0.1) is 6.20 Å². The Morgan fingerprint density at radius 3 is 2.38 bits per heavy atom. The highest BCUT2D eigenvalue weighted by molar-refractivity contribution is 7.32. The molecule has 4 N–H and O–H groups in total. The molecule has 1 aromatic heterocycles. The molecule has 0 spiro atoms. The summed E-state index contributed by atoms with van der Waals surface area (Å²) in [5, 5.41) is 8.59. The second-order valence-corrected chi connectivity index (χ2v) is 15.1. The van der Waals surface area contributed by atoms with Crippen LogP contribution in [0.4, 0.5) is 0 Å². The predicted octanol–water partition coefficient (Wildman–Crippen LogP) is 2.95. The number of nitrogens with zero attached hydrogens (tertiary/aromatic N) is 3. The number of fused-ring (bicyclic) bond motifs is 1. The normalized spacial score (nSPS) is 25.3. The van der Waals surface area contributed by atoms with Gasteiger partial charge in [-0.05, 0) is 48.3 Å². The molecule has 2 unspecified atom stereocenters. The van der Waals surface area contributed by atoms with Crippen molar-refractivity contribution in [1.29, 1.82) is 0 Å². The highest BCUT2D eigenvalue weighted by Crippen LogP contribution is 2.62. The molecule has 2 saturated carbocycles. The minimum absolute atomic E-state index is 0.0947. The number of hydrogen-bond acceptors (Lipinski definition) is 8. The predicted molar refractivity (Wildman–Crippen MR) is 167 cm³/mol. The lowest BCUT2D eigenvalue weighted by molar-refractivity contribution is -0.147. The molecule has 14 heteroatoms. The second-order valence-electron chi connectivity index (χ2n) is 14.3. The topological polar surface area (TPSA) is 180 Å². The SMILES string of the molecule is CCC[C@H](NC(=O)C1C[C@H]2[C@@H](N1C(=O)[C@@H](NC(=O)[C@@H](NC(=O)c1cnccn1)C1CCCCC1)C(C)(C)C)C2(C)C)O[PH](=O)O.